The Hall–Kier alpha value is -2.17. The van der Waals surface area contributed by atoms with Crippen LogP contribution >= 0.6 is 0 Å². The highest BCUT2D eigenvalue weighted by Crippen LogP contribution is 2.34. The van der Waals surface area contributed by atoms with E-state index >= 15 is 0 Å². The molecule has 2 fully saturated rings. The molecule has 0 radical (unpaired) electrons. The van der Waals surface area contributed by atoms with Gasteiger partial charge < -0.3 is 9.64 Å². The number of sulfonamides is 1. The Kier molecular flexibility index (Phi) is 7.79. The quantitative estimate of drug-likeness (QED) is 0.612. The molecule has 0 spiro atoms. The molecule has 0 amide bonds. The van der Waals surface area contributed by atoms with Gasteiger partial charge in [-0.3, -0.25) is 0 Å². The number of ether oxygens (including phenoxy) is 1. The number of pyridine rings is 1. The molecule has 6 nitrogen and oxygen atoms in total. The third-order valence-corrected chi connectivity index (χ3v) is 8.03. The molecular weight excluding hydrogens is 467 g/mol. The van der Waals surface area contributed by atoms with Crippen LogP contribution in [-0.4, -0.2) is 50.8 Å². The minimum Gasteiger partial charge on any atom is -0.378 e. The normalized spacial score (nSPS) is 26.4. The van der Waals surface area contributed by atoms with Crippen LogP contribution in [0.1, 0.15) is 43.6 Å². The number of rotatable bonds is 7. The molecule has 10 heteroatoms. The average molecular weight is 498 g/mol. The monoisotopic (exact) mass is 497 g/mol. The van der Waals surface area contributed by atoms with Crippen molar-refractivity contribution in [3.05, 3.63) is 60.3 Å². The highest BCUT2D eigenvalue weighted by Gasteiger charge is 2.48. The minimum absolute atomic E-state index is 0.0186. The van der Waals surface area contributed by atoms with Crippen LogP contribution in [0.2, 0.25) is 0 Å². The van der Waals surface area contributed by atoms with Crippen molar-refractivity contribution >= 4 is 15.8 Å². The minimum atomic E-state index is -5.43. The molecule has 1 aromatic heterocycles. The molecule has 1 saturated carbocycles. The molecule has 186 valence electrons. The Morgan fingerprint density at radius 3 is 2.35 bits per heavy atom. The summed E-state index contributed by atoms with van der Waals surface area (Å²) in [5, 5.41) is 0. The number of benzene rings is 1. The van der Waals surface area contributed by atoms with Crippen molar-refractivity contribution in [3.63, 3.8) is 0 Å². The number of alkyl halides is 3. The smallest absolute Gasteiger partial charge is 0.378 e. The van der Waals surface area contributed by atoms with Crippen LogP contribution in [0.15, 0.2) is 54.7 Å². The topological polar surface area (TPSA) is 71.5 Å². The van der Waals surface area contributed by atoms with Gasteiger partial charge in [0.25, 0.3) is 0 Å². The number of hydrogen-bond donors (Lipinski definition) is 1. The first-order valence-corrected chi connectivity index (χ1v) is 13.1. The Morgan fingerprint density at radius 2 is 1.71 bits per heavy atom. The third-order valence-electron chi connectivity index (χ3n) is 6.81. The van der Waals surface area contributed by atoms with Gasteiger partial charge in [0, 0.05) is 31.2 Å². The Balaban J connectivity index is 1.39. The van der Waals surface area contributed by atoms with Crippen molar-refractivity contribution < 1.29 is 26.3 Å². The Bertz CT molecular complexity index is 1010. The fourth-order valence-electron chi connectivity index (χ4n) is 4.92. The zero-order valence-corrected chi connectivity index (χ0v) is 19.6. The molecule has 2 heterocycles. The predicted octanol–water partition coefficient (Wildman–Crippen LogP) is 4.46. The van der Waals surface area contributed by atoms with Crippen molar-refractivity contribution in [2.45, 2.75) is 55.7 Å². The first kappa shape index (κ1) is 24.9. The number of hydrogen-bond acceptors (Lipinski definition) is 5. The Labute approximate surface area is 198 Å². The average Bonchev–Trinajstić information content (AvgIpc) is 2.84. The molecule has 1 saturated heterocycles. The lowest BCUT2D eigenvalue weighted by molar-refractivity contribution is -0.0460. The van der Waals surface area contributed by atoms with Crippen molar-refractivity contribution in [1.82, 2.24) is 9.71 Å². The van der Waals surface area contributed by atoms with Gasteiger partial charge in [-0.1, -0.05) is 36.4 Å². The van der Waals surface area contributed by atoms with E-state index in [1.54, 1.807) is 12.3 Å². The summed E-state index contributed by atoms with van der Waals surface area (Å²) in [5.41, 5.74) is -4.02. The van der Waals surface area contributed by atoms with Gasteiger partial charge in [0.15, 0.2) is 0 Å². The maximum absolute atomic E-state index is 13.0. The number of anilines is 1. The SMILES string of the molecule is O=S(=O)(N[C@H]1CCN(c2ccccn2)C[C@H]1CO[C@H]1CC[C@@H](c2ccccc2)CC1)C(F)(F)F. The number of halogens is 3. The summed E-state index contributed by atoms with van der Waals surface area (Å²) in [7, 11) is -5.43. The van der Waals surface area contributed by atoms with E-state index in [-0.39, 0.29) is 19.1 Å². The maximum Gasteiger partial charge on any atom is 0.511 e. The van der Waals surface area contributed by atoms with Gasteiger partial charge in [-0.15, -0.1) is 0 Å². The van der Waals surface area contributed by atoms with Crippen molar-refractivity contribution in [3.8, 4) is 0 Å². The lowest BCUT2D eigenvalue weighted by Gasteiger charge is -2.40. The van der Waals surface area contributed by atoms with Crippen molar-refractivity contribution in [1.29, 1.82) is 0 Å². The second kappa shape index (κ2) is 10.6. The van der Waals surface area contributed by atoms with E-state index in [0.29, 0.717) is 24.8 Å². The van der Waals surface area contributed by atoms with Gasteiger partial charge in [-0.25, -0.2) is 18.1 Å². The zero-order valence-electron chi connectivity index (χ0n) is 18.8. The molecule has 2 atom stereocenters. The second-order valence-corrected chi connectivity index (χ2v) is 10.8. The van der Waals surface area contributed by atoms with Crippen LogP contribution < -0.4 is 9.62 Å². The van der Waals surface area contributed by atoms with Gasteiger partial charge in [0.1, 0.15) is 5.82 Å². The Morgan fingerprint density at radius 1 is 1.00 bits per heavy atom. The summed E-state index contributed by atoms with van der Waals surface area (Å²) in [5.74, 6) is 0.773. The molecule has 0 unspecified atom stereocenters. The largest absolute Gasteiger partial charge is 0.511 e. The highest BCUT2D eigenvalue weighted by atomic mass is 32.2. The first-order chi connectivity index (χ1) is 16.2. The van der Waals surface area contributed by atoms with Crippen LogP contribution in [-0.2, 0) is 14.8 Å². The van der Waals surface area contributed by atoms with E-state index in [0.717, 1.165) is 25.7 Å². The van der Waals surface area contributed by atoms with E-state index in [9.17, 15) is 21.6 Å². The second-order valence-electron chi connectivity index (χ2n) is 9.07. The molecule has 0 bridgehead atoms. The van der Waals surface area contributed by atoms with Gasteiger partial charge in [-0.2, -0.15) is 13.2 Å². The molecule has 1 N–H and O–H groups in total. The van der Waals surface area contributed by atoms with Crippen LogP contribution in [0.4, 0.5) is 19.0 Å². The number of piperidine rings is 1. The summed E-state index contributed by atoms with van der Waals surface area (Å²) in [6, 6.07) is 15.0. The van der Waals surface area contributed by atoms with E-state index < -0.39 is 27.5 Å². The van der Waals surface area contributed by atoms with Crippen LogP contribution in [0.3, 0.4) is 0 Å². The lowest BCUT2D eigenvalue weighted by atomic mass is 9.82. The van der Waals surface area contributed by atoms with E-state index in [1.165, 1.54) is 5.56 Å². The number of nitrogens with zero attached hydrogens (tertiary/aromatic N) is 2. The van der Waals surface area contributed by atoms with Gasteiger partial charge in [-0.05, 0) is 55.7 Å². The lowest BCUT2D eigenvalue weighted by Crippen LogP contribution is -2.54. The summed E-state index contributed by atoms with van der Waals surface area (Å²) in [4.78, 5) is 6.30. The molecule has 2 aromatic rings. The maximum atomic E-state index is 13.0. The molecule has 1 aromatic carbocycles. The molecule has 34 heavy (non-hydrogen) atoms. The molecular formula is C24H30F3N3O3S. The third kappa shape index (κ3) is 6.09. The van der Waals surface area contributed by atoms with Crippen LogP contribution in [0.25, 0.3) is 0 Å². The highest BCUT2D eigenvalue weighted by molar-refractivity contribution is 7.90. The number of nitrogens with one attached hydrogen (secondary N) is 1. The van der Waals surface area contributed by atoms with Gasteiger partial charge in [0.2, 0.25) is 0 Å². The first-order valence-electron chi connectivity index (χ1n) is 11.6. The summed E-state index contributed by atoms with van der Waals surface area (Å²) >= 11 is 0. The van der Waals surface area contributed by atoms with Crippen molar-refractivity contribution in [2.75, 3.05) is 24.6 Å². The molecule has 4 rings (SSSR count). The van der Waals surface area contributed by atoms with Gasteiger partial charge in [0.05, 0.1) is 12.7 Å². The standard InChI is InChI=1S/C24H30F3N3O3S/c25-24(26,27)34(31,32)29-22-13-15-30(23-8-4-5-14-28-23)16-20(22)17-33-21-11-9-19(10-12-21)18-6-2-1-3-7-18/h1-8,14,19-22,29H,9-13,15-17H2/t19-,20-,21+,22-/m0/s1. The fraction of sp³-hybridized carbons (Fsp3) is 0.542. The molecule has 2 aliphatic rings. The van der Waals surface area contributed by atoms with Crippen LogP contribution in [0.5, 0.6) is 0 Å². The zero-order chi connectivity index (χ0) is 24.2. The van der Waals surface area contributed by atoms with E-state index in [1.807, 2.05) is 40.0 Å². The van der Waals surface area contributed by atoms with Gasteiger partial charge >= 0.3 is 15.5 Å². The van der Waals surface area contributed by atoms with Crippen LogP contribution in [0, 0.1) is 5.92 Å². The predicted molar refractivity (Wildman–Crippen MR) is 124 cm³/mol. The van der Waals surface area contributed by atoms with E-state index in [2.05, 4.69) is 17.1 Å². The molecule has 1 aliphatic carbocycles. The fourth-order valence-corrected chi connectivity index (χ4v) is 5.76. The summed E-state index contributed by atoms with van der Waals surface area (Å²) in [6.45, 7) is 0.956. The van der Waals surface area contributed by atoms with Crippen molar-refractivity contribution in [2.24, 2.45) is 5.92 Å². The summed E-state index contributed by atoms with van der Waals surface area (Å²) < 4.78 is 70.7. The number of aromatic nitrogens is 1. The summed E-state index contributed by atoms with van der Waals surface area (Å²) in [6.07, 6.45) is 5.63. The van der Waals surface area contributed by atoms with E-state index in [4.69, 9.17) is 4.74 Å². The molecule has 1 aliphatic heterocycles.